The SMILES string of the molecule is Cc1ccc(C(=O)NCC(O)c2ccccc2)cc1Cl. The van der Waals surface area contributed by atoms with Gasteiger partial charge in [-0.15, -0.1) is 0 Å². The number of benzene rings is 2. The Morgan fingerprint density at radius 1 is 1.25 bits per heavy atom. The highest BCUT2D eigenvalue weighted by Crippen LogP contribution is 2.17. The van der Waals surface area contributed by atoms with Crippen LogP contribution in [-0.4, -0.2) is 17.6 Å². The predicted octanol–water partition coefficient (Wildman–Crippen LogP) is 3.11. The van der Waals surface area contributed by atoms with Gasteiger partial charge in [-0.25, -0.2) is 0 Å². The Hall–Kier alpha value is -1.84. The summed E-state index contributed by atoms with van der Waals surface area (Å²) in [6, 6.07) is 14.3. The van der Waals surface area contributed by atoms with Crippen molar-refractivity contribution in [1.29, 1.82) is 0 Å². The zero-order chi connectivity index (χ0) is 14.5. The molecule has 0 bridgehead atoms. The number of aryl methyl sites for hydroxylation is 1. The fraction of sp³-hybridized carbons (Fsp3) is 0.188. The average Bonchev–Trinajstić information content (AvgIpc) is 2.48. The zero-order valence-electron chi connectivity index (χ0n) is 11.1. The molecule has 3 nitrogen and oxygen atoms in total. The number of halogens is 1. The van der Waals surface area contributed by atoms with Crippen LogP contribution >= 0.6 is 11.6 Å². The van der Waals surface area contributed by atoms with Crippen LogP contribution in [-0.2, 0) is 0 Å². The van der Waals surface area contributed by atoms with Crippen LogP contribution in [0.3, 0.4) is 0 Å². The van der Waals surface area contributed by atoms with Crippen molar-refractivity contribution in [2.24, 2.45) is 0 Å². The average molecular weight is 290 g/mol. The Kier molecular flexibility index (Phi) is 4.77. The summed E-state index contributed by atoms with van der Waals surface area (Å²) in [5.41, 5.74) is 2.18. The number of nitrogens with one attached hydrogen (secondary N) is 1. The third-order valence-corrected chi connectivity index (χ3v) is 3.48. The molecule has 0 saturated heterocycles. The predicted molar refractivity (Wildman–Crippen MR) is 79.9 cm³/mol. The second-order valence-corrected chi connectivity index (χ2v) is 5.01. The molecule has 0 aliphatic carbocycles. The van der Waals surface area contributed by atoms with Crippen molar-refractivity contribution in [1.82, 2.24) is 5.32 Å². The van der Waals surface area contributed by atoms with Crippen molar-refractivity contribution < 1.29 is 9.90 Å². The maximum absolute atomic E-state index is 12.0. The van der Waals surface area contributed by atoms with Crippen LogP contribution in [0.5, 0.6) is 0 Å². The van der Waals surface area contributed by atoms with Gasteiger partial charge in [0, 0.05) is 17.1 Å². The lowest BCUT2D eigenvalue weighted by Crippen LogP contribution is -2.28. The maximum atomic E-state index is 12.0. The van der Waals surface area contributed by atoms with Crippen LogP contribution in [0.25, 0.3) is 0 Å². The van der Waals surface area contributed by atoms with Gasteiger partial charge in [0.2, 0.25) is 0 Å². The van der Waals surface area contributed by atoms with Crippen LogP contribution in [0, 0.1) is 6.92 Å². The van der Waals surface area contributed by atoms with E-state index >= 15 is 0 Å². The van der Waals surface area contributed by atoms with Gasteiger partial charge >= 0.3 is 0 Å². The largest absolute Gasteiger partial charge is 0.387 e. The van der Waals surface area contributed by atoms with Gasteiger partial charge in [0.1, 0.15) is 0 Å². The van der Waals surface area contributed by atoms with E-state index in [0.29, 0.717) is 10.6 Å². The van der Waals surface area contributed by atoms with Crippen LogP contribution in [0.4, 0.5) is 0 Å². The molecule has 0 radical (unpaired) electrons. The van der Waals surface area contributed by atoms with Crippen molar-refractivity contribution in [2.45, 2.75) is 13.0 Å². The summed E-state index contributed by atoms with van der Waals surface area (Å²) < 4.78 is 0. The van der Waals surface area contributed by atoms with E-state index in [0.717, 1.165) is 11.1 Å². The van der Waals surface area contributed by atoms with Gasteiger partial charge < -0.3 is 10.4 Å². The van der Waals surface area contributed by atoms with Crippen molar-refractivity contribution in [3.05, 3.63) is 70.2 Å². The molecule has 2 aromatic rings. The summed E-state index contributed by atoms with van der Waals surface area (Å²) in [6.07, 6.45) is -0.721. The number of carbonyl (C=O) groups excluding carboxylic acids is 1. The normalized spacial score (nSPS) is 11.9. The molecule has 0 fully saturated rings. The Morgan fingerprint density at radius 2 is 1.95 bits per heavy atom. The first-order chi connectivity index (χ1) is 9.58. The fourth-order valence-electron chi connectivity index (χ4n) is 1.82. The number of carbonyl (C=O) groups is 1. The molecule has 0 aliphatic heterocycles. The summed E-state index contributed by atoms with van der Waals surface area (Å²) in [5.74, 6) is -0.248. The minimum atomic E-state index is -0.721. The van der Waals surface area contributed by atoms with Crippen LogP contribution in [0.1, 0.15) is 27.6 Å². The summed E-state index contributed by atoms with van der Waals surface area (Å²) in [7, 11) is 0. The molecule has 0 aromatic heterocycles. The van der Waals surface area contributed by atoms with Gasteiger partial charge in [-0.05, 0) is 30.2 Å². The van der Waals surface area contributed by atoms with Gasteiger partial charge in [0.25, 0.3) is 5.91 Å². The summed E-state index contributed by atoms with van der Waals surface area (Å²) in [5, 5.41) is 13.2. The molecule has 0 saturated carbocycles. The Bertz CT molecular complexity index is 599. The van der Waals surface area contributed by atoms with E-state index in [1.54, 1.807) is 18.2 Å². The van der Waals surface area contributed by atoms with E-state index in [9.17, 15) is 9.90 Å². The molecule has 2 aromatic carbocycles. The highest BCUT2D eigenvalue weighted by Gasteiger charge is 2.11. The minimum Gasteiger partial charge on any atom is -0.387 e. The number of amides is 1. The Labute approximate surface area is 123 Å². The smallest absolute Gasteiger partial charge is 0.251 e. The maximum Gasteiger partial charge on any atom is 0.251 e. The zero-order valence-corrected chi connectivity index (χ0v) is 11.9. The molecule has 4 heteroatoms. The molecular formula is C16H16ClNO2. The van der Waals surface area contributed by atoms with E-state index in [1.807, 2.05) is 37.3 Å². The molecule has 0 heterocycles. The summed E-state index contributed by atoms with van der Waals surface area (Å²) in [4.78, 5) is 12.0. The first-order valence-electron chi connectivity index (χ1n) is 6.35. The standard InChI is InChI=1S/C16H16ClNO2/c1-11-7-8-13(9-14(11)17)16(20)18-10-15(19)12-5-3-2-4-6-12/h2-9,15,19H,10H2,1H3,(H,18,20). The van der Waals surface area contributed by atoms with Crippen LogP contribution in [0.15, 0.2) is 48.5 Å². The van der Waals surface area contributed by atoms with E-state index in [1.165, 1.54) is 0 Å². The van der Waals surface area contributed by atoms with Crippen molar-refractivity contribution in [3.8, 4) is 0 Å². The molecular weight excluding hydrogens is 274 g/mol. The van der Waals surface area contributed by atoms with Gasteiger partial charge in [0.05, 0.1) is 6.10 Å². The van der Waals surface area contributed by atoms with E-state index < -0.39 is 6.10 Å². The van der Waals surface area contributed by atoms with Crippen molar-refractivity contribution in [2.75, 3.05) is 6.54 Å². The molecule has 0 spiro atoms. The lowest BCUT2D eigenvalue weighted by molar-refractivity contribution is 0.0916. The highest BCUT2D eigenvalue weighted by molar-refractivity contribution is 6.31. The number of aliphatic hydroxyl groups excluding tert-OH is 1. The van der Waals surface area contributed by atoms with Gasteiger partial charge in [-0.1, -0.05) is 48.0 Å². The van der Waals surface area contributed by atoms with E-state index in [-0.39, 0.29) is 12.5 Å². The fourth-order valence-corrected chi connectivity index (χ4v) is 2.00. The molecule has 104 valence electrons. The third-order valence-electron chi connectivity index (χ3n) is 3.07. The van der Waals surface area contributed by atoms with Crippen LogP contribution in [0.2, 0.25) is 5.02 Å². The van der Waals surface area contributed by atoms with Gasteiger partial charge in [-0.2, -0.15) is 0 Å². The summed E-state index contributed by atoms with van der Waals surface area (Å²) in [6.45, 7) is 2.04. The lowest BCUT2D eigenvalue weighted by Gasteiger charge is -2.12. The van der Waals surface area contributed by atoms with Gasteiger partial charge in [-0.3, -0.25) is 4.79 Å². The molecule has 1 amide bonds. The molecule has 2 rings (SSSR count). The Morgan fingerprint density at radius 3 is 2.60 bits per heavy atom. The number of aliphatic hydroxyl groups is 1. The monoisotopic (exact) mass is 289 g/mol. The lowest BCUT2D eigenvalue weighted by atomic mass is 10.1. The summed E-state index contributed by atoms with van der Waals surface area (Å²) >= 11 is 5.99. The molecule has 20 heavy (non-hydrogen) atoms. The molecule has 0 aliphatic rings. The number of rotatable bonds is 4. The number of hydrogen-bond donors (Lipinski definition) is 2. The second-order valence-electron chi connectivity index (χ2n) is 4.60. The van der Waals surface area contributed by atoms with E-state index in [4.69, 9.17) is 11.6 Å². The van der Waals surface area contributed by atoms with Gasteiger partial charge in [0.15, 0.2) is 0 Å². The minimum absolute atomic E-state index is 0.161. The molecule has 1 unspecified atom stereocenters. The first kappa shape index (κ1) is 14.6. The van der Waals surface area contributed by atoms with Crippen molar-refractivity contribution in [3.63, 3.8) is 0 Å². The quantitative estimate of drug-likeness (QED) is 0.908. The van der Waals surface area contributed by atoms with Crippen LogP contribution < -0.4 is 5.32 Å². The third kappa shape index (κ3) is 3.59. The Balaban J connectivity index is 1.97. The second kappa shape index (κ2) is 6.55. The number of hydrogen-bond acceptors (Lipinski definition) is 2. The van der Waals surface area contributed by atoms with E-state index in [2.05, 4.69) is 5.32 Å². The van der Waals surface area contributed by atoms with Crippen molar-refractivity contribution >= 4 is 17.5 Å². The molecule has 1 atom stereocenters. The molecule has 2 N–H and O–H groups in total. The first-order valence-corrected chi connectivity index (χ1v) is 6.73. The highest BCUT2D eigenvalue weighted by atomic mass is 35.5. The topological polar surface area (TPSA) is 49.3 Å².